The Morgan fingerprint density at radius 3 is 2.19 bits per heavy atom. The van der Waals surface area contributed by atoms with E-state index in [1.54, 1.807) is 0 Å². The number of ether oxygens (including phenoxy) is 1. The fraction of sp³-hybridized carbons (Fsp3) is 0.972. The van der Waals surface area contributed by atoms with Gasteiger partial charge in [0.1, 0.15) is 0 Å². The summed E-state index contributed by atoms with van der Waals surface area (Å²) >= 11 is 0. The van der Waals surface area contributed by atoms with Gasteiger partial charge in [0.2, 0.25) is 0 Å². The number of hydrogen-bond donors (Lipinski definition) is 3. The van der Waals surface area contributed by atoms with Gasteiger partial charge in [-0.1, -0.05) is 85.5 Å². The zero-order valence-electron chi connectivity index (χ0n) is 29.0. The maximum Gasteiger partial charge on any atom is 1.00 e. The number of carbonyl (C=O) groups is 1. The number of carbonyl (C=O) groups excluding carboxylic acids is 1. The van der Waals surface area contributed by atoms with Crippen LogP contribution in [-0.2, 0) is 9.53 Å². The van der Waals surface area contributed by atoms with Crippen LogP contribution in [0.15, 0.2) is 0 Å². The number of unbranched alkanes of at least 4 members (excludes halogenated alkanes) is 9. The fourth-order valence-corrected chi connectivity index (χ4v) is 10.5. The molecule has 4 fully saturated rings. The fourth-order valence-electron chi connectivity index (χ4n) is 10.5. The van der Waals surface area contributed by atoms with Crippen LogP contribution in [0.25, 0.3) is 0 Å². The molecular weight excluding hydrogens is 535 g/mol. The second-order valence-corrected chi connectivity index (χ2v) is 15.4. The van der Waals surface area contributed by atoms with Gasteiger partial charge in [-0.25, -0.2) is 0 Å². The minimum absolute atomic E-state index is 0. The van der Waals surface area contributed by atoms with Crippen LogP contribution in [0.3, 0.4) is 0 Å². The summed E-state index contributed by atoms with van der Waals surface area (Å²) in [5.74, 6) is 1.87. The van der Waals surface area contributed by atoms with E-state index in [9.17, 15) is 20.1 Å². The zero-order valence-corrected chi connectivity index (χ0v) is 30.0. The topological polar surface area (TPSA) is 87.0 Å². The summed E-state index contributed by atoms with van der Waals surface area (Å²) in [5.41, 5.74) is -0.105. The zero-order chi connectivity index (χ0) is 29.6. The predicted octanol–water partition coefficient (Wildman–Crippen LogP) is 4.94. The molecule has 6 heteroatoms. The van der Waals surface area contributed by atoms with Gasteiger partial charge in [0.25, 0.3) is 0 Å². The molecule has 0 aromatic rings. The monoisotopic (exact) mass is 600 g/mol. The second kappa shape index (κ2) is 16.8. The van der Waals surface area contributed by atoms with Crippen LogP contribution in [0, 0.1) is 46.3 Å². The molecule has 0 amide bonds. The van der Waals surface area contributed by atoms with Gasteiger partial charge in [0.05, 0.1) is 24.9 Å². The number of rotatable bonds is 15. The summed E-state index contributed by atoms with van der Waals surface area (Å²) in [6.07, 6.45) is 19.4. The van der Waals surface area contributed by atoms with Gasteiger partial charge < -0.3 is 21.5 Å². The summed E-state index contributed by atoms with van der Waals surface area (Å²) in [6.45, 7) is 9.75. The number of esters is 1. The smallest absolute Gasteiger partial charge is 1.00 e. The van der Waals surface area contributed by atoms with Crippen LogP contribution in [0.4, 0.5) is 0 Å². The van der Waals surface area contributed by atoms with Gasteiger partial charge in [0, 0.05) is 6.42 Å². The van der Waals surface area contributed by atoms with E-state index in [2.05, 4.69) is 27.7 Å². The summed E-state index contributed by atoms with van der Waals surface area (Å²) < 4.78 is 5.59. The van der Waals surface area contributed by atoms with E-state index in [0.717, 1.165) is 64.2 Å². The van der Waals surface area contributed by atoms with E-state index < -0.39 is 0 Å². The van der Waals surface area contributed by atoms with Crippen LogP contribution in [0.2, 0.25) is 0 Å². The van der Waals surface area contributed by atoms with Gasteiger partial charge in [-0.15, -0.1) is 0 Å². The Kier molecular flexibility index (Phi) is 14.7. The molecule has 5 nitrogen and oxygen atoms in total. The van der Waals surface area contributed by atoms with Crippen molar-refractivity contribution < 1.29 is 55.8 Å². The standard InChI is InChI=1S/C36H64O5.Na.H/c1-5-6-7-8-9-10-11-12-13-14-21-41-33(40)18-15-25(2)28-16-17-29-34-30(24-32(39)36(28,29)4)35(3)20-19-27(37)22-26(35)23-31(34)38;;/h25-32,34,37-39H,5-24H2,1-4H3;;/q;+1;-1/t25-,26+,27-,28-,29+,30+,31-,32+,34+,35+,36-;;/m1../s1. The second-order valence-electron chi connectivity index (χ2n) is 15.4. The Balaban J connectivity index is 0.00000323. The van der Waals surface area contributed by atoms with E-state index in [4.69, 9.17) is 4.74 Å². The Morgan fingerprint density at radius 1 is 0.881 bits per heavy atom. The first-order valence-corrected chi connectivity index (χ1v) is 17.8. The average Bonchev–Trinajstić information content (AvgIpc) is 3.30. The number of aliphatic hydroxyl groups excluding tert-OH is 3. The van der Waals surface area contributed by atoms with Gasteiger partial charge in [0.15, 0.2) is 0 Å². The molecule has 42 heavy (non-hydrogen) atoms. The molecule has 240 valence electrons. The van der Waals surface area contributed by atoms with Crippen LogP contribution in [0.1, 0.15) is 151 Å². The molecule has 4 aliphatic carbocycles. The molecule has 0 spiro atoms. The van der Waals surface area contributed by atoms with Crippen LogP contribution >= 0.6 is 0 Å². The third-order valence-corrected chi connectivity index (χ3v) is 13.1. The van der Waals surface area contributed by atoms with Gasteiger partial charge in [-0.2, -0.15) is 0 Å². The first kappa shape index (κ1) is 36.8. The maximum atomic E-state index is 12.6. The average molecular weight is 601 g/mol. The Bertz CT molecular complexity index is 829. The van der Waals surface area contributed by atoms with E-state index in [-0.39, 0.29) is 72.0 Å². The van der Waals surface area contributed by atoms with Crippen LogP contribution in [0.5, 0.6) is 0 Å². The number of fused-ring (bicyclic) bond motifs is 5. The molecule has 3 N–H and O–H groups in total. The molecule has 0 aromatic heterocycles. The third-order valence-electron chi connectivity index (χ3n) is 13.1. The molecule has 11 atom stereocenters. The molecule has 0 aliphatic heterocycles. The third kappa shape index (κ3) is 8.19. The van der Waals surface area contributed by atoms with Crippen LogP contribution < -0.4 is 29.6 Å². The number of hydrogen-bond acceptors (Lipinski definition) is 5. The van der Waals surface area contributed by atoms with Crippen molar-refractivity contribution in [1.29, 1.82) is 0 Å². The summed E-state index contributed by atoms with van der Waals surface area (Å²) in [5, 5.41) is 33.6. The largest absolute Gasteiger partial charge is 1.00 e. The van der Waals surface area contributed by atoms with Crippen molar-refractivity contribution in [2.24, 2.45) is 46.3 Å². The van der Waals surface area contributed by atoms with Gasteiger partial charge in [-0.3, -0.25) is 4.79 Å². The van der Waals surface area contributed by atoms with Crippen molar-refractivity contribution in [2.45, 2.75) is 168 Å². The minimum atomic E-state index is -0.374. The molecule has 0 saturated heterocycles. The molecule has 0 unspecified atom stereocenters. The molecule has 0 heterocycles. The van der Waals surface area contributed by atoms with E-state index in [1.807, 2.05) is 0 Å². The van der Waals surface area contributed by atoms with Gasteiger partial charge in [-0.05, 0) is 104 Å². The van der Waals surface area contributed by atoms with Crippen LogP contribution in [-0.4, -0.2) is 46.2 Å². The Hall–Kier alpha value is 0.350. The first-order chi connectivity index (χ1) is 19.6. The molecular formula is C36H65NaO5. The summed E-state index contributed by atoms with van der Waals surface area (Å²) in [4.78, 5) is 12.6. The first-order valence-electron chi connectivity index (χ1n) is 17.8. The van der Waals surface area contributed by atoms with E-state index in [0.29, 0.717) is 42.6 Å². The predicted molar refractivity (Wildman–Crippen MR) is 166 cm³/mol. The van der Waals surface area contributed by atoms with E-state index in [1.165, 1.54) is 51.4 Å². The van der Waals surface area contributed by atoms with Crippen molar-refractivity contribution in [3.63, 3.8) is 0 Å². The van der Waals surface area contributed by atoms with Crippen molar-refractivity contribution in [2.75, 3.05) is 6.61 Å². The quantitative estimate of drug-likeness (QED) is 0.141. The SMILES string of the molecule is CCCCCCCCCCCCOC(=O)CC[C@@H](C)[C@H]1CC[C@H]2[C@@H]3[C@H](O)C[C@@H]4C[C@H](O)CC[C@]4(C)[C@H]3C[C@H](O)[C@]12C.[H-].[Na+]. The normalized spacial score (nSPS) is 39.9. The molecule has 4 rings (SSSR count). The summed E-state index contributed by atoms with van der Waals surface area (Å²) in [6, 6.07) is 0. The van der Waals surface area contributed by atoms with Gasteiger partial charge >= 0.3 is 35.5 Å². The molecule has 0 radical (unpaired) electrons. The van der Waals surface area contributed by atoms with E-state index >= 15 is 0 Å². The van der Waals surface area contributed by atoms with Crippen molar-refractivity contribution in [1.82, 2.24) is 0 Å². The molecule has 0 aromatic carbocycles. The van der Waals surface area contributed by atoms with Crippen molar-refractivity contribution in [3.8, 4) is 0 Å². The molecule has 4 aliphatic rings. The Morgan fingerprint density at radius 2 is 1.52 bits per heavy atom. The Labute approximate surface area is 281 Å². The molecule has 4 saturated carbocycles. The van der Waals surface area contributed by atoms with Crippen molar-refractivity contribution in [3.05, 3.63) is 0 Å². The number of aliphatic hydroxyl groups is 3. The molecule has 0 bridgehead atoms. The minimum Gasteiger partial charge on any atom is -1.00 e. The van der Waals surface area contributed by atoms with Crippen molar-refractivity contribution >= 4 is 5.97 Å². The maximum absolute atomic E-state index is 12.6. The summed E-state index contributed by atoms with van der Waals surface area (Å²) in [7, 11) is 0.